The van der Waals surface area contributed by atoms with E-state index in [2.05, 4.69) is 5.32 Å². The number of carbonyl (C=O) groups excluding carboxylic acids is 3. The van der Waals surface area contributed by atoms with Crippen molar-refractivity contribution in [2.24, 2.45) is 5.41 Å². The highest BCUT2D eigenvalue weighted by Crippen LogP contribution is 2.25. The highest BCUT2D eigenvalue weighted by molar-refractivity contribution is 5.88. The van der Waals surface area contributed by atoms with E-state index in [0.29, 0.717) is 13.0 Å². The minimum atomic E-state index is -0.733. The van der Waals surface area contributed by atoms with Crippen LogP contribution in [0.15, 0.2) is 0 Å². The number of nitrogens with one attached hydrogen (secondary N) is 1. The van der Waals surface area contributed by atoms with E-state index < -0.39 is 29.2 Å². The third kappa shape index (κ3) is 5.00. The van der Waals surface area contributed by atoms with Gasteiger partial charge in [-0.3, -0.25) is 4.79 Å². The molecule has 0 aromatic rings. The number of alkyl carbamates (subject to hydrolysis) is 1. The molecule has 1 fully saturated rings. The van der Waals surface area contributed by atoms with E-state index in [1.165, 1.54) is 0 Å². The number of hydrogen-bond donors (Lipinski definition) is 1. The number of amides is 2. The van der Waals surface area contributed by atoms with Gasteiger partial charge in [0.05, 0.1) is 6.04 Å². The lowest BCUT2D eigenvalue weighted by molar-refractivity contribution is -0.139. The molecule has 126 valence electrons. The number of carbonyl (C=O) groups is 3. The fourth-order valence-corrected chi connectivity index (χ4v) is 2.45. The van der Waals surface area contributed by atoms with Crippen LogP contribution in [0.3, 0.4) is 0 Å². The zero-order valence-electron chi connectivity index (χ0n) is 14.4. The largest absolute Gasteiger partial charge is 0.444 e. The molecule has 0 aromatic carbocycles. The van der Waals surface area contributed by atoms with Gasteiger partial charge in [-0.2, -0.15) is 0 Å². The standard InChI is InChI=1S/C16H28N2O4/c1-15(2,3)12(17-14(21)22-16(4,5)6)13(20)18-9-7-8-11(18)10-19/h10-12H,7-9H2,1-6H3,(H,17,21)/t11-,12?/m0/s1. The van der Waals surface area contributed by atoms with Crippen LogP contribution in [0.5, 0.6) is 0 Å². The van der Waals surface area contributed by atoms with Crippen LogP contribution < -0.4 is 5.32 Å². The van der Waals surface area contributed by atoms with Crippen molar-refractivity contribution in [1.29, 1.82) is 0 Å². The van der Waals surface area contributed by atoms with Gasteiger partial charge in [-0.05, 0) is 39.0 Å². The third-order valence-electron chi connectivity index (χ3n) is 3.51. The lowest BCUT2D eigenvalue weighted by atomic mass is 9.85. The van der Waals surface area contributed by atoms with Crippen LogP contribution in [0.2, 0.25) is 0 Å². The summed E-state index contributed by atoms with van der Waals surface area (Å²) >= 11 is 0. The zero-order chi connectivity index (χ0) is 17.1. The fraction of sp³-hybridized carbons (Fsp3) is 0.812. The zero-order valence-corrected chi connectivity index (χ0v) is 14.4. The Balaban J connectivity index is 2.87. The predicted molar refractivity (Wildman–Crippen MR) is 83.4 cm³/mol. The summed E-state index contributed by atoms with van der Waals surface area (Å²) in [7, 11) is 0. The molecule has 2 amide bonds. The van der Waals surface area contributed by atoms with Crippen molar-refractivity contribution in [3.63, 3.8) is 0 Å². The van der Waals surface area contributed by atoms with E-state index in [1.807, 2.05) is 20.8 Å². The summed E-state index contributed by atoms with van der Waals surface area (Å²) in [6.45, 7) is 11.5. The first-order chi connectivity index (χ1) is 9.95. The molecule has 0 aromatic heterocycles. The van der Waals surface area contributed by atoms with Crippen molar-refractivity contribution in [2.75, 3.05) is 6.54 Å². The van der Waals surface area contributed by atoms with Gasteiger partial charge in [0, 0.05) is 6.54 Å². The minimum absolute atomic E-state index is 0.229. The Hall–Kier alpha value is -1.59. The van der Waals surface area contributed by atoms with Gasteiger partial charge >= 0.3 is 6.09 Å². The van der Waals surface area contributed by atoms with E-state index in [9.17, 15) is 14.4 Å². The van der Waals surface area contributed by atoms with Crippen LogP contribution in [-0.2, 0) is 14.3 Å². The molecule has 0 aliphatic carbocycles. The first-order valence-corrected chi connectivity index (χ1v) is 7.71. The van der Waals surface area contributed by atoms with Crippen molar-refractivity contribution >= 4 is 18.3 Å². The van der Waals surface area contributed by atoms with Crippen molar-refractivity contribution < 1.29 is 19.1 Å². The molecule has 1 unspecified atom stereocenters. The van der Waals surface area contributed by atoms with Crippen LogP contribution in [0.25, 0.3) is 0 Å². The van der Waals surface area contributed by atoms with Crippen LogP contribution in [0.4, 0.5) is 4.79 Å². The van der Waals surface area contributed by atoms with Crippen LogP contribution in [-0.4, -0.2) is 47.4 Å². The van der Waals surface area contributed by atoms with Crippen molar-refractivity contribution in [3.8, 4) is 0 Å². The monoisotopic (exact) mass is 312 g/mol. The van der Waals surface area contributed by atoms with Gasteiger partial charge in [0.25, 0.3) is 0 Å². The summed E-state index contributed by atoms with van der Waals surface area (Å²) in [4.78, 5) is 37.4. The first-order valence-electron chi connectivity index (χ1n) is 7.71. The van der Waals surface area contributed by atoms with E-state index in [4.69, 9.17) is 4.74 Å². The lowest BCUT2D eigenvalue weighted by Gasteiger charge is -2.35. The lowest BCUT2D eigenvalue weighted by Crippen LogP contribution is -2.56. The molecule has 1 N–H and O–H groups in total. The van der Waals surface area contributed by atoms with Crippen molar-refractivity contribution in [2.45, 2.75) is 72.1 Å². The van der Waals surface area contributed by atoms with Gasteiger partial charge in [-0.25, -0.2) is 4.79 Å². The maximum atomic E-state index is 12.8. The maximum Gasteiger partial charge on any atom is 0.408 e. The van der Waals surface area contributed by atoms with E-state index in [-0.39, 0.29) is 5.91 Å². The summed E-state index contributed by atoms with van der Waals surface area (Å²) < 4.78 is 5.24. The van der Waals surface area contributed by atoms with Crippen LogP contribution in [0, 0.1) is 5.41 Å². The Kier molecular flexibility index (Phi) is 5.59. The summed E-state index contributed by atoms with van der Waals surface area (Å²) in [5.74, 6) is -0.229. The fourth-order valence-electron chi connectivity index (χ4n) is 2.45. The van der Waals surface area contributed by atoms with E-state index in [0.717, 1.165) is 12.7 Å². The average molecular weight is 312 g/mol. The molecule has 1 rings (SSSR count). The molecule has 0 saturated carbocycles. The van der Waals surface area contributed by atoms with Crippen molar-refractivity contribution in [1.82, 2.24) is 10.2 Å². The number of likely N-dealkylation sites (tertiary alicyclic amines) is 1. The molecule has 2 atom stereocenters. The Morgan fingerprint density at radius 1 is 1.23 bits per heavy atom. The molecule has 1 saturated heterocycles. The first kappa shape index (κ1) is 18.5. The highest BCUT2D eigenvalue weighted by atomic mass is 16.6. The smallest absolute Gasteiger partial charge is 0.408 e. The Morgan fingerprint density at radius 2 is 1.82 bits per heavy atom. The Bertz CT molecular complexity index is 434. The van der Waals surface area contributed by atoms with Crippen LogP contribution in [0.1, 0.15) is 54.4 Å². The van der Waals surface area contributed by atoms with E-state index in [1.54, 1.807) is 25.7 Å². The molecule has 6 nitrogen and oxygen atoms in total. The second kappa shape index (κ2) is 6.67. The number of nitrogens with zero attached hydrogens (tertiary/aromatic N) is 1. The summed E-state index contributed by atoms with van der Waals surface area (Å²) in [5, 5.41) is 2.67. The number of aldehydes is 1. The van der Waals surface area contributed by atoms with Gasteiger partial charge in [-0.1, -0.05) is 20.8 Å². The second-order valence-electron chi connectivity index (χ2n) is 7.82. The van der Waals surface area contributed by atoms with Gasteiger partial charge in [0.1, 0.15) is 17.9 Å². The van der Waals surface area contributed by atoms with Gasteiger partial charge < -0.3 is 19.7 Å². The summed E-state index contributed by atoms with van der Waals surface area (Å²) in [6.07, 6.45) is 1.66. The molecule has 0 radical (unpaired) electrons. The maximum absolute atomic E-state index is 12.8. The normalized spacial score (nSPS) is 20.5. The molecule has 1 aliphatic heterocycles. The topological polar surface area (TPSA) is 75.7 Å². The molecule has 0 spiro atoms. The van der Waals surface area contributed by atoms with Gasteiger partial charge in [-0.15, -0.1) is 0 Å². The van der Waals surface area contributed by atoms with Gasteiger partial charge in [0.2, 0.25) is 5.91 Å². The minimum Gasteiger partial charge on any atom is -0.444 e. The molecular formula is C16H28N2O4. The summed E-state index contributed by atoms with van der Waals surface area (Å²) in [5.41, 5.74) is -1.11. The molecule has 22 heavy (non-hydrogen) atoms. The molecular weight excluding hydrogens is 284 g/mol. The number of rotatable bonds is 3. The van der Waals surface area contributed by atoms with E-state index >= 15 is 0 Å². The molecule has 0 bridgehead atoms. The molecule has 6 heteroatoms. The third-order valence-corrected chi connectivity index (χ3v) is 3.51. The Morgan fingerprint density at radius 3 is 2.27 bits per heavy atom. The predicted octanol–water partition coefficient (Wildman–Crippen LogP) is 2.12. The SMILES string of the molecule is CC(C)(C)OC(=O)NC(C(=O)N1CCC[C@H]1C=O)C(C)(C)C. The quantitative estimate of drug-likeness (QED) is 0.810. The molecule has 1 heterocycles. The van der Waals surface area contributed by atoms with Gasteiger partial charge in [0.15, 0.2) is 0 Å². The van der Waals surface area contributed by atoms with Crippen molar-refractivity contribution in [3.05, 3.63) is 0 Å². The number of hydrogen-bond acceptors (Lipinski definition) is 4. The summed E-state index contributed by atoms with van der Waals surface area (Å²) in [6, 6.07) is -1.12. The molecule has 1 aliphatic rings. The second-order valence-corrected chi connectivity index (χ2v) is 7.82. The number of ether oxygens (including phenoxy) is 1. The average Bonchev–Trinajstić information content (AvgIpc) is 2.79. The van der Waals surface area contributed by atoms with Crippen LogP contribution >= 0.6 is 0 Å². The Labute approximate surface area is 132 Å². The highest BCUT2D eigenvalue weighted by Gasteiger charge is 2.40.